The van der Waals surface area contributed by atoms with Crippen molar-refractivity contribution in [3.63, 3.8) is 0 Å². The molecule has 1 fully saturated rings. The Labute approximate surface area is 123 Å². The third-order valence-electron chi connectivity index (χ3n) is 4.34. The molecule has 0 bridgehead atoms. The molecule has 1 N–H and O–H groups in total. The minimum absolute atomic E-state index is 0.321. The topological polar surface area (TPSA) is 70.7 Å². The smallest absolute Gasteiger partial charge is 0.329 e. The first-order valence-corrected chi connectivity index (χ1v) is 7.29. The molecule has 1 unspecified atom stereocenters. The second-order valence-electron chi connectivity index (χ2n) is 6.14. The van der Waals surface area contributed by atoms with Gasteiger partial charge in [0, 0.05) is 18.9 Å². The highest BCUT2D eigenvalue weighted by molar-refractivity contribution is 5.86. The van der Waals surface area contributed by atoms with E-state index in [0.717, 1.165) is 17.6 Å². The summed E-state index contributed by atoms with van der Waals surface area (Å²) in [6, 6.07) is 2.01. The molecule has 21 heavy (non-hydrogen) atoms. The zero-order chi connectivity index (χ0) is 15.2. The van der Waals surface area contributed by atoms with E-state index in [1.807, 2.05) is 11.0 Å². The molecular weight excluding hydrogens is 268 g/mol. The molecular formula is C15H20N4O2. The van der Waals surface area contributed by atoms with Crippen molar-refractivity contribution in [2.45, 2.75) is 45.1 Å². The number of hydrogen-bond donors (Lipinski definition) is 1. The van der Waals surface area contributed by atoms with E-state index in [0.29, 0.717) is 24.7 Å². The van der Waals surface area contributed by atoms with Crippen LogP contribution >= 0.6 is 0 Å². The van der Waals surface area contributed by atoms with Gasteiger partial charge in [0.05, 0.1) is 5.69 Å². The van der Waals surface area contributed by atoms with Gasteiger partial charge in [-0.3, -0.25) is 0 Å². The molecule has 6 nitrogen and oxygen atoms in total. The van der Waals surface area contributed by atoms with Gasteiger partial charge in [-0.15, -0.1) is 0 Å². The molecule has 6 heteroatoms. The summed E-state index contributed by atoms with van der Waals surface area (Å²) in [6.07, 6.45) is 4.98. The maximum absolute atomic E-state index is 11.7. The van der Waals surface area contributed by atoms with Crippen molar-refractivity contribution < 1.29 is 9.90 Å². The predicted molar refractivity (Wildman–Crippen MR) is 79.7 cm³/mol. The average molecular weight is 288 g/mol. The van der Waals surface area contributed by atoms with Crippen LogP contribution in [0.2, 0.25) is 0 Å². The number of carboxylic acid groups (broad SMARTS) is 1. The maximum atomic E-state index is 11.7. The Balaban J connectivity index is 2.14. The highest BCUT2D eigenvalue weighted by Crippen LogP contribution is 2.35. The van der Waals surface area contributed by atoms with Crippen LogP contribution < -0.4 is 4.90 Å². The van der Waals surface area contributed by atoms with Crippen molar-refractivity contribution in [3.8, 4) is 0 Å². The van der Waals surface area contributed by atoms with Crippen molar-refractivity contribution in [3.05, 3.63) is 24.2 Å². The van der Waals surface area contributed by atoms with Crippen molar-refractivity contribution in [2.75, 3.05) is 11.4 Å². The summed E-state index contributed by atoms with van der Waals surface area (Å²) in [5, 5.41) is 14.1. The van der Waals surface area contributed by atoms with E-state index in [2.05, 4.69) is 23.9 Å². The lowest BCUT2D eigenvalue weighted by molar-refractivity contribution is -0.142. The Morgan fingerprint density at radius 1 is 1.48 bits per heavy atom. The molecule has 0 aromatic carbocycles. The van der Waals surface area contributed by atoms with Crippen LogP contribution in [-0.2, 0) is 4.79 Å². The summed E-state index contributed by atoms with van der Waals surface area (Å²) in [6.45, 7) is 6.66. The van der Waals surface area contributed by atoms with Crippen LogP contribution in [0.15, 0.2) is 18.5 Å². The number of carbonyl (C=O) groups is 1. The van der Waals surface area contributed by atoms with Crippen LogP contribution in [0.3, 0.4) is 0 Å². The van der Waals surface area contributed by atoms with Gasteiger partial charge in [-0.05, 0) is 31.7 Å². The molecule has 1 aliphatic rings. The van der Waals surface area contributed by atoms with Crippen LogP contribution in [0.4, 0.5) is 5.82 Å². The average Bonchev–Trinajstić information content (AvgIpc) is 3.02. The number of aliphatic carboxylic acids is 1. The lowest BCUT2D eigenvalue weighted by Crippen LogP contribution is -2.48. The standard InChI is InChI=1S/C15H20N4O2/c1-10(2)11-9-12-13(16-6-8-19(12)17-11)18-7-4-5-15(18,3)14(20)21/h6,8-10H,4-5,7H2,1-3H3,(H,20,21). The first kappa shape index (κ1) is 13.9. The summed E-state index contributed by atoms with van der Waals surface area (Å²) in [7, 11) is 0. The monoisotopic (exact) mass is 288 g/mol. The Morgan fingerprint density at radius 3 is 2.90 bits per heavy atom. The van der Waals surface area contributed by atoms with Crippen molar-refractivity contribution in [1.82, 2.24) is 14.6 Å². The first-order valence-electron chi connectivity index (χ1n) is 7.29. The van der Waals surface area contributed by atoms with E-state index in [4.69, 9.17) is 0 Å². The van der Waals surface area contributed by atoms with Gasteiger partial charge in [0.25, 0.3) is 0 Å². The van der Waals surface area contributed by atoms with Gasteiger partial charge >= 0.3 is 5.97 Å². The maximum Gasteiger partial charge on any atom is 0.329 e. The van der Waals surface area contributed by atoms with Crippen LogP contribution in [0, 0.1) is 0 Å². The lowest BCUT2D eigenvalue weighted by Gasteiger charge is -2.32. The van der Waals surface area contributed by atoms with Crippen molar-refractivity contribution in [2.24, 2.45) is 0 Å². The molecule has 1 aliphatic heterocycles. The van der Waals surface area contributed by atoms with E-state index in [1.165, 1.54) is 0 Å². The quantitative estimate of drug-likeness (QED) is 0.938. The SMILES string of the molecule is CC(C)c1cc2c(N3CCCC3(C)C(=O)O)nccn2n1. The number of aromatic nitrogens is 3. The number of carboxylic acids is 1. The molecule has 0 radical (unpaired) electrons. The first-order chi connectivity index (χ1) is 9.93. The van der Waals surface area contributed by atoms with Gasteiger partial charge in [-0.2, -0.15) is 5.10 Å². The van der Waals surface area contributed by atoms with Gasteiger partial charge in [0.2, 0.25) is 0 Å². The van der Waals surface area contributed by atoms with Gasteiger partial charge in [-0.1, -0.05) is 13.8 Å². The van der Waals surface area contributed by atoms with E-state index in [-0.39, 0.29) is 0 Å². The molecule has 2 aromatic rings. The fraction of sp³-hybridized carbons (Fsp3) is 0.533. The zero-order valence-electron chi connectivity index (χ0n) is 12.6. The molecule has 3 heterocycles. The molecule has 2 aromatic heterocycles. The van der Waals surface area contributed by atoms with Gasteiger partial charge in [0.1, 0.15) is 11.1 Å². The molecule has 1 atom stereocenters. The highest BCUT2D eigenvalue weighted by Gasteiger charge is 2.44. The second kappa shape index (κ2) is 4.72. The number of hydrogen-bond acceptors (Lipinski definition) is 4. The summed E-state index contributed by atoms with van der Waals surface area (Å²) >= 11 is 0. The van der Waals surface area contributed by atoms with Gasteiger partial charge in [0.15, 0.2) is 5.82 Å². The zero-order valence-corrected chi connectivity index (χ0v) is 12.6. The van der Waals surface area contributed by atoms with Crippen molar-refractivity contribution in [1.29, 1.82) is 0 Å². The predicted octanol–water partition coefficient (Wildman–Crippen LogP) is 2.30. The molecule has 0 aliphatic carbocycles. The number of nitrogens with zero attached hydrogens (tertiary/aromatic N) is 4. The Bertz CT molecular complexity index is 694. The normalized spacial score (nSPS) is 22.4. The van der Waals surface area contributed by atoms with Gasteiger partial charge in [-0.25, -0.2) is 14.3 Å². The minimum Gasteiger partial charge on any atom is -0.480 e. The third kappa shape index (κ3) is 2.05. The molecule has 1 saturated heterocycles. The van der Waals surface area contributed by atoms with E-state index in [1.54, 1.807) is 23.8 Å². The number of anilines is 1. The Kier molecular flexibility index (Phi) is 3.11. The van der Waals surface area contributed by atoms with Crippen LogP contribution in [-0.4, -0.2) is 37.8 Å². The number of rotatable bonds is 3. The highest BCUT2D eigenvalue weighted by atomic mass is 16.4. The van der Waals surface area contributed by atoms with E-state index in [9.17, 15) is 9.90 Å². The third-order valence-corrected chi connectivity index (χ3v) is 4.34. The molecule has 0 spiro atoms. The Morgan fingerprint density at radius 2 is 2.24 bits per heavy atom. The van der Waals surface area contributed by atoms with Crippen molar-refractivity contribution >= 4 is 17.3 Å². The largest absolute Gasteiger partial charge is 0.480 e. The minimum atomic E-state index is -0.892. The molecule has 0 saturated carbocycles. The number of fused-ring (bicyclic) bond motifs is 1. The van der Waals surface area contributed by atoms with Crippen LogP contribution in [0.5, 0.6) is 0 Å². The molecule has 3 rings (SSSR count). The molecule has 0 amide bonds. The molecule has 112 valence electrons. The fourth-order valence-electron chi connectivity index (χ4n) is 2.94. The summed E-state index contributed by atoms with van der Waals surface area (Å²) in [5.74, 6) is 0.230. The summed E-state index contributed by atoms with van der Waals surface area (Å²) in [4.78, 5) is 18.0. The Hall–Kier alpha value is -2.11. The summed E-state index contributed by atoms with van der Waals surface area (Å²) in [5.41, 5.74) is 0.966. The lowest BCUT2D eigenvalue weighted by atomic mass is 9.99. The van der Waals surface area contributed by atoms with Gasteiger partial charge < -0.3 is 10.0 Å². The van der Waals surface area contributed by atoms with E-state index >= 15 is 0 Å². The van der Waals surface area contributed by atoms with Crippen LogP contribution in [0.25, 0.3) is 5.52 Å². The van der Waals surface area contributed by atoms with Crippen LogP contribution in [0.1, 0.15) is 45.2 Å². The fourth-order valence-corrected chi connectivity index (χ4v) is 2.94. The second-order valence-corrected chi connectivity index (χ2v) is 6.14. The van der Waals surface area contributed by atoms with E-state index < -0.39 is 11.5 Å². The summed E-state index contributed by atoms with van der Waals surface area (Å²) < 4.78 is 1.79.